The lowest BCUT2D eigenvalue weighted by Crippen LogP contribution is -2.31. The molecule has 0 heterocycles. The van der Waals surface area contributed by atoms with Gasteiger partial charge in [-0.2, -0.15) is 0 Å². The van der Waals surface area contributed by atoms with Crippen molar-refractivity contribution in [1.82, 2.24) is 10.6 Å². The number of rotatable bonds is 4. The van der Waals surface area contributed by atoms with Gasteiger partial charge in [-0.15, -0.1) is 0 Å². The molecule has 0 spiro atoms. The van der Waals surface area contributed by atoms with Crippen LogP contribution in [0.5, 0.6) is 0 Å². The lowest BCUT2D eigenvalue weighted by atomic mass is 9.91. The predicted molar refractivity (Wildman–Crippen MR) is 80.5 cm³/mol. The summed E-state index contributed by atoms with van der Waals surface area (Å²) in [6.45, 7) is 5.34. The van der Waals surface area contributed by atoms with Gasteiger partial charge in [0.05, 0.1) is 5.02 Å². The van der Waals surface area contributed by atoms with Gasteiger partial charge in [0.1, 0.15) is 11.6 Å². The van der Waals surface area contributed by atoms with Crippen LogP contribution in [-0.2, 0) is 4.79 Å². The summed E-state index contributed by atoms with van der Waals surface area (Å²) in [6, 6.07) is 3.65. The molecule has 0 atom stereocenters. The Morgan fingerprint density at radius 3 is 2.38 bits per heavy atom. The summed E-state index contributed by atoms with van der Waals surface area (Å²) >= 11 is 5.63. The normalized spacial score (nSPS) is 12.0. The summed E-state index contributed by atoms with van der Waals surface area (Å²) in [7, 11) is 1.58. The summed E-state index contributed by atoms with van der Waals surface area (Å²) in [5.41, 5.74) is -0.350. The molecule has 21 heavy (non-hydrogen) atoms. The number of amides is 1. The van der Waals surface area contributed by atoms with E-state index in [-0.39, 0.29) is 22.2 Å². The first-order chi connectivity index (χ1) is 9.65. The van der Waals surface area contributed by atoms with Gasteiger partial charge in [-0.05, 0) is 18.2 Å². The van der Waals surface area contributed by atoms with Gasteiger partial charge in [0.25, 0.3) is 5.91 Å². The first kappa shape index (κ1) is 17.2. The zero-order chi connectivity index (χ0) is 16.2. The van der Waals surface area contributed by atoms with Crippen molar-refractivity contribution in [2.24, 2.45) is 5.41 Å². The Balaban J connectivity index is 2.91. The minimum Gasteiger partial charge on any atom is -0.375 e. The summed E-state index contributed by atoms with van der Waals surface area (Å²) < 4.78 is 13.1. The number of halogens is 2. The Bertz CT molecular complexity index is 592. The fourth-order valence-electron chi connectivity index (χ4n) is 1.35. The molecule has 6 heteroatoms. The number of ketones is 1. The monoisotopic (exact) mass is 312 g/mol. The largest absolute Gasteiger partial charge is 0.375 e. The Kier molecular flexibility index (Phi) is 5.49. The second-order valence-corrected chi connectivity index (χ2v) is 5.91. The van der Waals surface area contributed by atoms with E-state index in [1.165, 1.54) is 18.2 Å². The average Bonchev–Trinajstić information content (AvgIpc) is 2.39. The van der Waals surface area contributed by atoms with Crippen LogP contribution in [0.3, 0.4) is 0 Å². The summed E-state index contributed by atoms with van der Waals surface area (Å²) in [5, 5.41) is 5.14. The first-order valence-electron chi connectivity index (χ1n) is 6.35. The van der Waals surface area contributed by atoms with Crippen molar-refractivity contribution in [2.45, 2.75) is 20.8 Å². The topological polar surface area (TPSA) is 58.2 Å². The molecular formula is C15H18ClFN2O2. The molecule has 4 nitrogen and oxygen atoms in total. The molecule has 0 fully saturated rings. The van der Waals surface area contributed by atoms with Gasteiger partial charge < -0.3 is 10.6 Å². The molecule has 0 radical (unpaired) electrons. The number of benzene rings is 1. The number of hydrogen-bond acceptors (Lipinski definition) is 3. The molecule has 0 saturated carbocycles. The lowest BCUT2D eigenvalue weighted by Gasteiger charge is -2.15. The van der Waals surface area contributed by atoms with E-state index in [9.17, 15) is 14.0 Å². The van der Waals surface area contributed by atoms with Gasteiger partial charge in [-0.1, -0.05) is 32.4 Å². The quantitative estimate of drug-likeness (QED) is 0.841. The van der Waals surface area contributed by atoms with Crippen LogP contribution in [0.25, 0.3) is 0 Å². The van der Waals surface area contributed by atoms with E-state index in [4.69, 9.17) is 11.6 Å². The van der Waals surface area contributed by atoms with Crippen molar-refractivity contribution < 1.29 is 14.0 Å². The number of hydrogen-bond donors (Lipinski definition) is 2. The van der Waals surface area contributed by atoms with E-state index in [0.717, 1.165) is 6.07 Å². The van der Waals surface area contributed by atoms with Crippen molar-refractivity contribution in [3.63, 3.8) is 0 Å². The molecule has 1 aromatic carbocycles. The molecule has 0 aromatic heterocycles. The van der Waals surface area contributed by atoms with Crippen LogP contribution in [0, 0.1) is 11.2 Å². The third-order valence-electron chi connectivity index (χ3n) is 2.71. The second kappa shape index (κ2) is 6.72. The second-order valence-electron chi connectivity index (χ2n) is 5.51. The summed E-state index contributed by atoms with van der Waals surface area (Å²) in [4.78, 5) is 23.9. The number of carbonyl (C=O) groups excluding carboxylic acids is 2. The highest BCUT2D eigenvalue weighted by Gasteiger charge is 2.20. The van der Waals surface area contributed by atoms with Crippen molar-refractivity contribution >= 4 is 23.3 Å². The number of allylic oxidation sites excluding steroid dienone is 1. The smallest absolute Gasteiger partial charge is 0.256 e. The van der Waals surface area contributed by atoms with Gasteiger partial charge in [0.15, 0.2) is 5.78 Å². The lowest BCUT2D eigenvalue weighted by molar-refractivity contribution is -0.121. The maximum atomic E-state index is 13.1. The van der Waals surface area contributed by atoms with Gasteiger partial charge in [-0.25, -0.2) is 4.39 Å². The molecule has 0 saturated heterocycles. The first-order valence-corrected chi connectivity index (χ1v) is 6.73. The van der Waals surface area contributed by atoms with Crippen LogP contribution in [-0.4, -0.2) is 18.7 Å². The molecule has 0 aliphatic rings. The predicted octanol–water partition coefficient (Wildman–Crippen LogP) is 2.88. The molecule has 114 valence electrons. The standard InChI is InChI=1S/C15H18ClFN2O2/c1-15(2,3)12(20)8-13(18-4)19-14(21)9-5-6-11(17)10(16)7-9/h5-8,18H,1-4H3,(H,19,21)/b13-8+. The molecule has 1 rings (SSSR count). The van der Waals surface area contributed by atoms with Crippen LogP contribution in [0.15, 0.2) is 30.1 Å². The van der Waals surface area contributed by atoms with Gasteiger partial charge in [-0.3, -0.25) is 9.59 Å². The molecule has 1 aromatic rings. The third kappa shape index (κ3) is 4.86. The molecular weight excluding hydrogens is 295 g/mol. The number of nitrogens with one attached hydrogen (secondary N) is 2. The maximum Gasteiger partial charge on any atom is 0.256 e. The van der Waals surface area contributed by atoms with Crippen molar-refractivity contribution in [3.05, 3.63) is 46.5 Å². The van der Waals surface area contributed by atoms with E-state index in [1.807, 2.05) is 0 Å². The van der Waals surface area contributed by atoms with E-state index in [1.54, 1.807) is 27.8 Å². The minimum absolute atomic E-state index is 0.135. The van der Waals surface area contributed by atoms with Crippen LogP contribution < -0.4 is 10.6 Å². The minimum atomic E-state index is -0.597. The maximum absolute atomic E-state index is 13.1. The van der Waals surface area contributed by atoms with E-state index >= 15 is 0 Å². The van der Waals surface area contributed by atoms with E-state index in [0.29, 0.717) is 0 Å². The van der Waals surface area contributed by atoms with Gasteiger partial charge >= 0.3 is 0 Å². The highest BCUT2D eigenvalue weighted by atomic mass is 35.5. The van der Waals surface area contributed by atoms with Crippen LogP contribution in [0.2, 0.25) is 5.02 Å². The zero-order valence-electron chi connectivity index (χ0n) is 12.4. The summed E-state index contributed by atoms with van der Waals surface area (Å²) in [6.07, 6.45) is 1.32. The average molecular weight is 313 g/mol. The number of carbonyl (C=O) groups is 2. The third-order valence-corrected chi connectivity index (χ3v) is 3.00. The summed E-state index contributed by atoms with van der Waals surface area (Å²) in [5.74, 6) is -0.954. The van der Waals surface area contributed by atoms with Crippen molar-refractivity contribution in [2.75, 3.05) is 7.05 Å². The molecule has 2 N–H and O–H groups in total. The van der Waals surface area contributed by atoms with Gasteiger partial charge in [0.2, 0.25) is 0 Å². The molecule has 1 amide bonds. The Morgan fingerprint density at radius 2 is 1.90 bits per heavy atom. The highest BCUT2D eigenvalue weighted by molar-refractivity contribution is 6.31. The Labute approximate surface area is 128 Å². The van der Waals surface area contributed by atoms with E-state index < -0.39 is 17.1 Å². The fraction of sp³-hybridized carbons (Fsp3) is 0.333. The van der Waals surface area contributed by atoms with E-state index in [2.05, 4.69) is 10.6 Å². The zero-order valence-corrected chi connectivity index (χ0v) is 13.1. The SMILES string of the molecule is CN/C(=C\C(=O)C(C)(C)C)NC(=O)c1ccc(F)c(Cl)c1. The molecule has 0 unspecified atom stereocenters. The van der Waals surface area contributed by atoms with Crippen LogP contribution >= 0.6 is 11.6 Å². The molecule has 0 aliphatic heterocycles. The highest BCUT2D eigenvalue weighted by Crippen LogP contribution is 2.17. The van der Waals surface area contributed by atoms with Crippen LogP contribution in [0.1, 0.15) is 31.1 Å². The van der Waals surface area contributed by atoms with Gasteiger partial charge in [0, 0.05) is 24.1 Å². The Morgan fingerprint density at radius 1 is 1.29 bits per heavy atom. The molecule has 0 aliphatic carbocycles. The van der Waals surface area contributed by atoms with Crippen molar-refractivity contribution in [3.8, 4) is 0 Å². The molecule has 0 bridgehead atoms. The van der Waals surface area contributed by atoms with Crippen LogP contribution in [0.4, 0.5) is 4.39 Å². The fourth-order valence-corrected chi connectivity index (χ4v) is 1.53. The van der Waals surface area contributed by atoms with Crippen molar-refractivity contribution in [1.29, 1.82) is 0 Å². The Hall–Kier alpha value is -1.88.